The average molecular weight is 278 g/mol. The summed E-state index contributed by atoms with van der Waals surface area (Å²) in [5.74, 6) is 0. The first kappa shape index (κ1) is 8.50. The van der Waals surface area contributed by atoms with Gasteiger partial charge in [0.1, 0.15) is 0 Å². The highest BCUT2D eigenvalue weighted by atomic mass is 127. The minimum atomic E-state index is -0.194. The quantitative estimate of drug-likeness (QED) is 0.792. The molecule has 1 aromatic heterocycles. The first-order chi connectivity index (χ1) is 5.77. The van der Waals surface area contributed by atoms with E-state index in [0.717, 1.165) is 22.8 Å². The molecule has 2 atom stereocenters. The van der Waals surface area contributed by atoms with Gasteiger partial charge in [-0.1, -0.05) is 0 Å². The molecule has 1 heterocycles. The molecule has 3 nitrogen and oxygen atoms in total. The van der Waals surface area contributed by atoms with E-state index >= 15 is 0 Å². The summed E-state index contributed by atoms with van der Waals surface area (Å²) in [4.78, 5) is 0. The lowest BCUT2D eigenvalue weighted by atomic mass is 10.2. The van der Waals surface area contributed by atoms with E-state index < -0.39 is 0 Å². The number of aliphatic hydroxyl groups is 1. The third-order valence-electron chi connectivity index (χ3n) is 2.35. The van der Waals surface area contributed by atoms with Gasteiger partial charge in [-0.2, -0.15) is 5.10 Å². The van der Waals surface area contributed by atoms with Crippen LogP contribution in [-0.2, 0) is 0 Å². The second-order valence-corrected chi connectivity index (χ2v) is 4.45. The van der Waals surface area contributed by atoms with E-state index in [2.05, 4.69) is 27.7 Å². The maximum absolute atomic E-state index is 9.59. The van der Waals surface area contributed by atoms with Crippen molar-refractivity contribution in [3.05, 3.63) is 16.0 Å². The van der Waals surface area contributed by atoms with Gasteiger partial charge in [0.2, 0.25) is 0 Å². The standard InChI is InChI=1S/C8H11IN2O/c9-6-4-10-11(5-6)7-2-1-3-8(7)12/h4-5,7-8,12H,1-3H2. The zero-order chi connectivity index (χ0) is 8.55. The van der Waals surface area contributed by atoms with Gasteiger partial charge in [-0.25, -0.2) is 0 Å². The molecule has 66 valence electrons. The van der Waals surface area contributed by atoms with Crippen LogP contribution in [0.2, 0.25) is 0 Å². The smallest absolute Gasteiger partial charge is 0.0778 e. The number of aliphatic hydroxyl groups excluding tert-OH is 1. The van der Waals surface area contributed by atoms with E-state index in [-0.39, 0.29) is 12.1 Å². The summed E-state index contributed by atoms with van der Waals surface area (Å²) >= 11 is 2.23. The Bertz CT molecular complexity index is 274. The molecule has 1 N–H and O–H groups in total. The first-order valence-electron chi connectivity index (χ1n) is 4.15. The van der Waals surface area contributed by atoms with Gasteiger partial charge in [-0.15, -0.1) is 0 Å². The van der Waals surface area contributed by atoms with Crippen LogP contribution in [0.3, 0.4) is 0 Å². The van der Waals surface area contributed by atoms with Gasteiger partial charge in [0.15, 0.2) is 0 Å². The fraction of sp³-hybridized carbons (Fsp3) is 0.625. The van der Waals surface area contributed by atoms with Gasteiger partial charge in [0, 0.05) is 6.20 Å². The number of nitrogens with zero attached hydrogens (tertiary/aromatic N) is 2. The molecule has 0 aliphatic heterocycles. The van der Waals surface area contributed by atoms with Gasteiger partial charge in [-0.3, -0.25) is 4.68 Å². The van der Waals surface area contributed by atoms with Crippen LogP contribution in [0.5, 0.6) is 0 Å². The van der Waals surface area contributed by atoms with Gasteiger partial charge >= 0.3 is 0 Å². The van der Waals surface area contributed by atoms with Crippen molar-refractivity contribution >= 4 is 22.6 Å². The Labute approximate surface area is 84.9 Å². The van der Waals surface area contributed by atoms with Crippen LogP contribution in [0.1, 0.15) is 25.3 Å². The Morgan fingerprint density at radius 2 is 2.42 bits per heavy atom. The number of rotatable bonds is 1. The van der Waals surface area contributed by atoms with Crippen LogP contribution >= 0.6 is 22.6 Å². The summed E-state index contributed by atoms with van der Waals surface area (Å²) in [6.45, 7) is 0. The highest BCUT2D eigenvalue weighted by Gasteiger charge is 2.26. The molecular weight excluding hydrogens is 267 g/mol. The van der Waals surface area contributed by atoms with Gasteiger partial charge in [0.25, 0.3) is 0 Å². The Morgan fingerprint density at radius 1 is 1.58 bits per heavy atom. The van der Waals surface area contributed by atoms with Crippen LogP contribution in [0.25, 0.3) is 0 Å². The maximum Gasteiger partial charge on any atom is 0.0778 e. The summed E-state index contributed by atoms with van der Waals surface area (Å²) in [5.41, 5.74) is 0. The van der Waals surface area contributed by atoms with E-state index in [4.69, 9.17) is 0 Å². The number of aromatic nitrogens is 2. The van der Waals surface area contributed by atoms with E-state index in [1.54, 1.807) is 0 Å². The van der Waals surface area contributed by atoms with E-state index in [0.29, 0.717) is 0 Å². The third-order valence-corrected chi connectivity index (χ3v) is 2.91. The molecule has 0 bridgehead atoms. The lowest BCUT2D eigenvalue weighted by Crippen LogP contribution is -2.18. The molecule has 0 amide bonds. The van der Waals surface area contributed by atoms with Crippen molar-refractivity contribution in [1.82, 2.24) is 9.78 Å². The highest BCUT2D eigenvalue weighted by Crippen LogP contribution is 2.29. The molecule has 0 aromatic carbocycles. The number of halogens is 1. The van der Waals surface area contributed by atoms with Gasteiger partial charge < -0.3 is 5.11 Å². The number of hydrogen-bond acceptors (Lipinski definition) is 2. The van der Waals surface area contributed by atoms with Crippen molar-refractivity contribution < 1.29 is 5.11 Å². The van der Waals surface area contributed by atoms with Crippen LogP contribution in [-0.4, -0.2) is 21.0 Å². The van der Waals surface area contributed by atoms with Crippen LogP contribution in [0.15, 0.2) is 12.4 Å². The topological polar surface area (TPSA) is 38.0 Å². The molecule has 4 heteroatoms. The molecule has 0 spiro atoms. The molecule has 1 saturated carbocycles. The molecule has 2 rings (SSSR count). The normalized spacial score (nSPS) is 29.5. The molecular formula is C8H11IN2O. The molecule has 0 saturated heterocycles. The minimum absolute atomic E-state index is 0.194. The van der Waals surface area contributed by atoms with Crippen molar-refractivity contribution in [2.24, 2.45) is 0 Å². The Hall–Kier alpha value is -0.100. The zero-order valence-corrected chi connectivity index (χ0v) is 8.81. The second-order valence-electron chi connectivity index (χ2n) is 3.20. The lowest BCUT2D eigenvalue weighted by Gasteiger charge is -2.14. The van der Waals surface area contributed by atoms with Crippen molar-refractivity contribution in [2.45, 2.75) is 31.4 Å². The molecule has 1 aromatic rings. The molecule has 1 aliphatic rings. The van der Waals surface area contributed by atoms with Crippen molar-refractivity contribution in [3.63, 3.8) is 0 Å². The van der Waals surface area contributed by atoms with Gasteiger partial charge in [0.05, 0.1) is 21.9 Å². The van der Waals surface area contributed by atoms with Crippen molar-refractivity contribution in [1.29, 1.82) is 0 Å². The maximum atomic E-state index is 9.59. The lowest BCUT2D eigenvalue weighted by molar-refractivity contribution is 0.130. The van der Waals surface area contributed by atoms with Crippen molar-refractivity contribution in [3.8, 4) is 0 Å². The minimum Gasteiger partial charge on any atom is -0.391 e. The molecule has 1 fully saturated rings. The summed E-state index contributed by atoms with van der Waals surface area (Å²) in [6, 6.07) is 0.216. The largest absolute Gasteiger partial charge is 0.391 e. The predicted octanol–water partition coefficient (Wildman–Crippen LogP) is 1.57. The Balaban J connectivity index is 2.19. The van der Waals surface area contributed by atoms with E-state index in [1.807, 2.05) is 17.1 Å². The summed E-state index contributed by atoms with van der Waals surface area (Å²) in [6.07, 6.45) is 6.70. The SMILES string of the molecule is OC1CCCC1n1cc(I)cn1. The summed E-state index contributed by atoms with van der Waals surface area (Å²) in [7, 11) is 0. The van der Waals surface area contributed by atoms with E-state index in [9.17, 15) is 5.11 Å². The Kier molecular flexibility index (Phi) is 2.36. The summed E-state index contributed by atoms with van der Waals surface area (Å²) < 4.78 is 3.02. The van der Waals surface area contributed by atoms with Crippen LogP contribution < -0.4 is 0 Å². The fourth-order valence-corrected chi connectivity index (χ4v) is 2.14. The molecule has 0 radical (unpaired) electrons. The molecule has 12 heavy (non-hydrogen) atoms. The Morgan fingerprint density at radius 3 is 2.92 bits per heavy atom. The monoisotopic (exact) mass is 278 g/mol. The average Bonchev–Trinajstić information content (AvgIpc) is 2.58. The predicted molar refractivity (Wildman–Crippen MR) is 53.8 cm³/mol. The first-order valence-corrected chi connectivity index (χ1v) is 5.23. The fourth-order valence-electron chi connectivity index (χ4n) is 1.73. The molecule has 1 aliphatic carbocycles. The highest BCUT2D eigenvalue weighted by molar-refractivity contribution is 14.1. The third kappa shape index (κ3) is 1.50. The van der Waals surface area contributed by atoms with Crippen LogP contribution in [0, 0.1) is 3.57 Å². The zero-order valence-electron chi connectivity index (χ0n) is 6.65. The van der Waals surface area contributed by atoms with Gasteiger partial charge in [-0.05, 0) is 41.9 Å². The number of hydrogen-bond donors (Lipinski definition) is 1. The van der Waals surface area contributed by atoms with Crippen molar-refractivity contribution in [2.75, 3.05) is 0 Å². The molecule has 2 unspecified atom stereocenters. The summed E-state index contributed by atoms with van der Waals surface area (Å²) in [5, 5.41) is 13.8. The van der Waals surface area contributed by atoms with E-state index in [1.165, 1.54) is 0 Å². The second kappa shape index (κ2) is 3.33. The van der Waals surface area contributed by atoms with Crippen LogP contribution in [0.4, 0.5) is 0 Å².